The van der Waals surface area contributed by atoms with Gasteiger partial charge < -0.3 is 15.0 Å². The third kappa shape index (κ3) is 6.45. The van der Waals surface area contributed by atoms with Gasteiger partial charge in [0.05, 0.1) is 29.8 Å². The summed E-state index contributed by atoms with van der Waals surface area (Å²) < 4.78 is 20.1. The first-order chi connectivity index (χ1) is 17.1. The number of nitrogens with one attached hydrogen (secondary N) is 1. The Hall–Kier alpha value is -2.82. The molecule has 0 radical (unpaired) electrons. The minimum absolute atomic E-state index is 0.133. The van der Waals surface area contributed by atoms with E-state index < -0.39 is 6.04 Å². The minimum Gasteiger partial charge on any atom is -0.379 e. The Morgan fingerprint density at radius 2 is 2.03 bits per heavy atom. The molecule has 0 unspecified atom stereocenters. The van der Waals surface area contributed by atoms with Gasteiger partial charge in [-0.1, -0.05) is 31.2 Å². The van der Waals surface area contributed by atoms with Crippen LogP contribution in [0.2, 0.25) is 0 Å². The van der Waals surface area contributed by atoms with Gasteiger partial charge in [-0.05, 0) is 23.9 Å². The lowest BCUT2D eigenvalue weighted by Crippen LogP contribution is -2.49. The molecule has 0 bridgehead atoms. The van der Waals surface area contributed by atoms with E-state index in [2.05, 4.69) is 15.3 Å². The summed E-state index contributed by atoms with van der Waals surface area (Å²) >= 11 is 1.53. The Labute approximate surface area is 209 Å². The second kappa shape index (κ2) is 12.2. The Kier molecular flexibility index (Phi) is 8.84. The fourth-order valence-corrected chi connectivity index (χ4v) is 4.96. The van der Waals surface area contributed by atoms with Crippen molar-refractivity contribution in [1.82, 2.24) is 20.1 Å². The predicted molar refractivity (Wildman–Crippen MR) is 134 cm³/mol. The highest BCUT2D eigenvalue weighted by atomic mass is 32.1. The molecule has 8 nitrogen and oxygen atoms in total. The van der Waals surface area contributed by atoms with E-state index in [0.717, 1.165) is 30.1 Å². The lowest BCUT2D eigenvalue weighted by atomic mass is 10.0. The lowest BCUT2D eigenvalue weighted by molar-refractivity contribution is -0.133. The van der Waals surface area contributed by atoms with Gasteiger partial charge >= 0.3 is 6.03 Å². The van der Waals surface area contributed by atoms with Crippen LogP contribution >= 0.6 is 11.3 Å². The van der Waals surface area contributed by atoms with Gasteiger partial charge in [0, 0.05) is 44.7 Å². The zero-order valence-corrected chi connectivity index (χ0v) is 20.8. The summed E-state index contributed by atoms with van der Waals surface area (Å²) in [5, 5.41) is 10.8. The van der Waals surface area contributed by atoms with Gasteiger partial charge in [-0.3, -0.25) is 9.69 Å². The van der Waals surface area contributed by atoms with Crippen molar-refractivity contribution in [2.45, 2.75) is 25.8 Å². The van der Waals surface area contributed by atoms with E-state index in [1.807, 2.05) is 24.4 Å². The highest BCUT2D eigenvalue weighted by molar-refractivity contribution is 7.12. The number of morpholine rings is 1. The van der Waals surface area contributed by atoms with Gasteiger partial charge in [0.15, 0.2) is 0 Å². The molecule has 3 heterocycles. The molecule has 1 N–H and O–H groups in total. The highest BCUT2D eigenvalue weighted by Crippen LogP contribution is 2.35. The maximum absolute atomic E-state index is 14.7. The molecule has 2 aromatic rings. The molecule has 35 heavy (non-hydrogen) atoms. The lowest BCUT2D eigenvalue weighted by Gasteiger charge is -2.31. The minimum atomic E-state index is -0.555. The largest absolute Gasteiger partial charge is 0.379 e. The third-order valence-electron chi connectivity index (χ3n) is 6.17. The predicted octanol–water partition coefficient (Wildman–Crippen LogP) is 3.32. The number of thiophene rings is 1. The van der Waals surface area contributed by atoms with Gasteiger partial charge in [-0.25, -0.2) is 14.2 Å². The Morgan fingerprint density at radius 3 is 2.74 bits per heavy atom. The molecule has 4 rings (SSSR count). The summed E-state index contributed by atoms with van der Waals surface area (Å²) in [4.78, 5) is 31.1. The van der Waals surface area contributed by atoms with E-state index in [4.69, 9.17) is 4.74 Å². The van der Waals surface area contributed by atoms with Crippen molar-refractivity contribution in [2.24, 2.45) is 5.10 Å². The fraction of sp³-hybridized carbons (Fsp3) is 0.480. The van der Waals surface area contributed by atoms with Crippen molar-refractivity contribution < 1.29 is 18.7 Å². The number of hydrogen-bond acceptors (Lipinski definition) is 6. The second-order valence-electron chi connectivity index (χ2n) is 8.61. The van der Waals surface area contributed by atoms with E-state index in [-0.39, 0.29) is 24.3 Å². The van der Waals surface area contributed by atoms with Gasteiger partial charge in [-0.15, -0.1) is 11.3 Å². The zero-order chi connectivity index (χ0) is 24.6. The van der Waals surface area contributed by atoms with Crippen molar-refractivity contribution in [3.63, 3.8) is 0 Å². The number of nitrogens with zero attached hydrogens (tertiary/aromatic N) is 4. The number of hydrogen-bond donors (Lipinski definition) is 1. The summed E-state index contributed by atoms with van der Waals surface area (Å²) in [6.45, 7) is 6.36. The van der Waals surface area contributed by atoms with Gasteiger partial charge in [-0.2, -0.15) is 5.10 Å². The Balaban J connectivity index is 1.52. The van der Waals surface area contributed by atoms with Crippen LogP contribution < -0.4 is 5.32 Å². The molecule has 0 saturated carbocycles. The normalized spacial score (nSPS) is 18.4. The number of carbonyl (C=O) groups excluding carboxylic acids is 2. The molecule has 1 aromatic heterocycles. The topological polar surface area (TPSA) is 77.5 Å². The molecular weight excluding hydrogens is 469 g/mol. The van der Waals surface area contributed by atoms with Crippen LogP contribution in [0.3, 0.4) is 0 Å². The molecule has 188 valence electrons. The SMILES string of the molecule is CCCNC(=O)N(CCN1CCOCC1)CC(=O)N1N=C(c2cccs2)C[C@H]1c1ccccc1F. The average molecular weight is 502 g/mol. The number of carbonyl (C=O) groups is 2. The first-order valence-electron chi connectivity index (χ1n) is 12.1. The summed E-state index contributed by atoms with van der Waals surface area (Å²) in [5.74, 6) is -0.707. The van der Waals surface area contributed by atoms with Crippen molar-refractivity contribution in [2.75, 3.05) is 52.5 Å². The van der Waals surface area contributed by atoms with E-state index in [0.29, 0.717) is 44.8 Å². The average Bonchev–Trinajstić information content (AvgIpc) is 3.56. The number of ether oxygens (including phenoxy) is 1. The quantitative estimate of drug-likeness (QED) is 0.572. The fourth-order valence-electron chi connectivity index (χ4n) is 4.24. The van der Waals surface area contributed by atoms with Crippen LogP contribution in [0.5, 0.6) is 0 Å². The highest BCUT2D eigenvalue weighted by Gasteiger charge is 2.36. The van der Waals surface area contributed by atoms with Crippen LogP contribution in [0.4, 0.5) is 9.18 Å². The summed E-state index contributed by atoms with van der Waals surface area (Å²) in [6.07, 6.45) is 1.22. The molecule has 0 aliphatic carbocycles. The Morgan fingerprint density at radius 1 is 1.23 bits per heavy atom. The number of rotatable bonds is 9. The monoisotopic (exact) mass is 501 g/mol. The molecule has 3 amide bonds. The molecule has 2 aliphatic heterocycles. The molecular formula is C25H32FN5O3S. The number of hydrazone groups is 1. The van der Waals surface area contributed by atoms with Crippen molar-refractivity contribution in [3.8, 4) is 0 Å². The number of halogens is 1. The molecule has 1 saturated heterocycles. The molecule has 0 spiro atoms. The maximum Gasteiger partial charge on any atom is 0.317 e. The molecule has 10 heteroatoms. The van der Waals surface area contributed by atoms with E-state index in [9.17, 15) is 14.0 Å². The van der Waals surface area contributed by atoms with E-state index in [1.54, 1.807) is 18.2 Å². The first kappa shape index (κ1) is 25.3. The summed E-state index contributed by atoms with van der Waals surface area (Å²) in [5.41, 5.74) is 1.17. The first-order valence-corrected chi connectivity index (χ1v) is 13.0. The smallest absolute Gasteiger partial charge is 0.317 e. The van der Waals surface area contributed by atoms with Crippen LogP contribution in [0.15, 0.2) is 46.9 Å². The number of urea groups is 1. The van der Waals surface area contributed by atoms with Crippen LogP contribution in [-0.2, 0) is 9.53 Å². The standard InChI is InChI=1S/C25H32FN5O3S/c1-2-9-27-25(33)30(11-10-29-12-14-34-15-13-29)18-24(32)31-22(19-6-3-4-7-20(19)26)17-21(28-31)23-8-5-16-35-23/h3-8,16,22H,2,9-15,17-18H2,1H3,(H,27,33)/t22-/m0/s1. The second-order valence-corrected chi connectivity index (χ2v) is 9.56. The summed E-state index contributed by atoms with van der Waals surface area (Å²) in [7, 11) is 0. The van der Waals surface area contributed by atoms with Gasteiger partial charge in [0.25, 0.3) is 5.91 Å². The van der Waals surface area contributed by atoms with Gasteiger partial charge in [0.1, 0.15) is 12.4 Å². The van der Waals surface area contributed by atoms with Crippen molar-refractivity contribution >= 4 is 29.0 Å². The van der Waals surface area contributed by atoms with Crippen molar-refractivity contribution in [3.05, 3.63) is 58.0 Å². The van der Waals surface area contributed by atoms with Gasteiger partial charge in [0.2, 0.25) is 0 Å². The molecule has 1 fully saturated rings. The summed E-state index contributed by atoms with van der Waals surface area (Å²) in [6, 6.07) is 9.52. The van der Waals surface area contributed by atoms with Crippen LogP contribution in [0.25, 0.3) is 0 Å². The zero-order valence-electron chi connectivity index (χ0n) is 20.0. The maximum atomic E-state index is 14.7. The van der Waals surface area contributed by atoms with Crippen LogP contribution in [0, 0.1) is 5.82 Å². The Bertz CT molecular complexity index is 1030. The number of amides is 3. The van der Waals surface area contributed by atoms with E-state index >= 15 is 0 Å². The third-order valence-corrected chi connectivity index (χ3v) is 7.08. The van der Waals surface area contributed by atoms with Crippen molar-refractivity contribution in [1.29, 1.82) is 0 Å². The molecule has 1 aromatic carbocycles. The number of benzene rings is 1. The van der Waals surface area contributed by atoms with E-state index in [1.165, 1.54) is 27.3 Å². The van der Waals surface area contributed by atoms with Crippen LogP contribution in [-0.4, -0.2) is 84.9 Å². The molecule has 2 aliphatic rings. The van der Waals surface area contributed by atoms with Crippen LogP contribution in [0.1, 0.15) is 36.2 Å². The molecule has 1 atom stereocenters.